The Morgan fingerprint density at radius 2 is 1.62 bits per heavy atom. The zero-order valence-corrected chi connectivity index (χ0v) is 25.8. The summed E-state index contributed by atoms with van der Waals surface area (Å²) in [5.41, 5.74) is 16.2. The molecule has 1 N–H and O–H groups in total. The summed E-state index contributed by atoms with van der Waals surface area (Å²) in [6.07, 6.45) is 3.19. The Kier molecular flexibility index (Phi) is 5.59. The van der Waals surface area contributed by atoms with Gasteiger partial charge in [0.05, 0.1) is 22.3 Å². The average molecular weight is 507 g/mol. The number of ether oxygens (including phenoxy) is 1. The number of methoxy groups -OCH3 is 1. The van der Waals surface area contributed by atoms with Crippen LogP contribution in [0, 0.1) is 0 Å². The lowest BCUT2D eigenvalue weighted by Crippen LogP contribution is -2.82. The molecule has 1 heterocycles. The Morgan fingerprint density at radius 1 is 1.00 bits per heavy atom. The SMILES string of the molecule is COc1c2cc(C([NH])=O)c(-c3cc(C(C)(C)C)cc4c3CC(C)=C4)c1[Si](C)(C)[Si](C)(C)[Si]2(C)C. The van der Waals surface area contributed by atoms with Crippen LogP contribution >= 0.6 is 0 Å². The highest BCUT2D eigenvalue weighted by molar-refractivity contribution is 7.74. The number of hydrogen-bond acceptors (Lipinski definition) is 2. The van der Waals surface area contributed by atoms with Gasteiger partial charge in [0.1, 0.15) is 5.75 Å². The van der Waals surface area contributed by atoms with Crippen molar-refractivity contribution in [3.05, 3.63) is 46.0 Å². The van der Waals surface area contributed by atoms with E-state index in [1.54, 1.807) is 7.11 Å². The summed E-state index contributed by atoms with van der Waals surface area (Å²) in [6, 6.07) is 6.72. The Labute approximate surface area is 208 Å². The van der Waals surface area contributed by atoms with Gasteiger partial charge in [0.25, 0.3) is 5.91 Å². The first-order valence-electron chi connectivity index (χ1n) is 12.3. The van der Waals surface area contributed by atoms with E-state index in [-0.39, 0.29) is 5.41 Å². The molecule has 1 aliphatic heterocycles. The molecule has 6 heteroatoms. The normalized spacial score (nSPS) is 19.4. The molecule has 181 valence electrons. The summed E-state index contributed by atoms with van der Waals surface area (Å²) in [7, 11) is -3.73. The number of amides is 1. The van der Waals surface area contributed by atoms with Gasteiger partial charge in [0, 0.05) is 12.7 Å². The second kappa shape index (κ2) is 7.55. The van der Waals surface area contributed by atoms with Gasteiger partial charge in [-0.25, -0.2) is 0 Å². The van der Waals surface area contributed by atoms with Gasteiger partial charge in [0.15, 0.2) is 0 Å². The third kappa shape index (κ3) is 3.28. The van der Waals surface area contributed by atoms with Gasteiger partial charge in [-0.15, -0.1) is 0 Å². The van der Waals surface area contributed by atoms with E-state index in [2.05, 4.69) is 91.3 Å². The van der Waals surface area contributed by atoms with Gasteiger partial charge in [-0.2, -0.15) is 0 Å². The van der Waals surface area contributed by atoms with E-state index in [1.165, 1.54) is 32.6 Å². The Morgan fingerprint density at radius 3 is 2.15 bits per heavy atom. The van der Waals surface area contributed by atoms with Crippen molar-refractivity contribution in [3.8, 4) is 16.9 Å². The lowest BCUT2D eigenvalue weighted by atomic mass is 9.81. The van der Waals surface area contributed by atoms with E-state index in [4.69, 9.17) is 10.5 Å². The van der Waals surface area contributed by atoms with Crippen molar-refractivity contribution in [3.63, 3.8) is 0 Å². The molecule has 2 aliphatic rings. The number of carbonyl (C=O) groups is 1. The van der Waals surface area contributed by atoms with Gasteiger partial charge in [-0.3, -0.25) is 10.5 Å². The van der Waals surface area contributed by atoms with Crippen LogP contribution in [-0.2, 0) is 11.8 Å². The molecule has 0 saturated carbocycles. The maximum absolute atomic E-state index is 13.0. The molecule has 3 nitrogen and oxygen atoms in total. The quantitative estimate of drug-likeness (QED) is 0.498. The number of rotatable bonds is 3. The van der Waals surface area contributed by atoms with E-state index < -0.39 is 28.2 Å². The molecule has 2 aromatic rings. The van der Waals surface area contributed by atoms with Crippen LogP contribution in [-0.4, -0.2) is 35.3 Å². The minimum absolute atomic E-state index is 0.0175. The monoisotopic (exact) mass is 506 g/mol. The van der Waals surface area contributed by atoms with E-state index in [1.807, 2.05) is 0 Å². The van der Waals surface area contributed by atoms with Crippen LogP contribution in [0.5, 0.6) is 5.75 Å². The number of allylic oxidation sites excluding steroid dienone is 1. The van der Waals surface area contributed by atoms with Gasteiger partial charge in [0.2, 0.25) is 0 Å². The zero-order chi connectivity index (χ0) is 25.6. The lowest BCUT2D eigenvalue weighted by Gasteiger charge is -2.54. The van der Waals surface area contributed by atoms with Crippen LogP contribution in [0.2, 0.25) is 39.3 Å². The van der Waals surface area contributed by atoms with Crippen molar-refractivity contribution in [2.45, 2.75) is 78.8 Å². The molecule has 0 spiro atoms. The van der Waals surface area contributed by atoms with E-state index in [0.29, 0.717) is 5.56 Å². The fraction of sp³-hybridized carbons (Fsp3) is 0.464. The Balaban J connectivity index is 2.24. The molecule has 0 aromatic heterocycles. The number of benzene rings is 2. The predicted octanol–water partition coefficient (Wildman–Crippen LogP) is 5.75. The third-order valence-corrected chi connectivity index (χ3v) is 50.7. The number of nitrogens with one attached hydrogen (secondary N) is 1. The van der Waals surface area contributed by atoms with Gasteiger partial charge < -0.3 is 4.74 Å². The van der Waals surface area contributed by atoms with Crippen LogP contribution in [0.3, 0.4) is 0 Å². The maximum atomic E-state index is 13.0. The van der Waals surface area contributed by atoms with Crippen LogP contribution in [0.1, 0.15) is 54.7 Å². The van der Waals surface area contributed by atoms with Crippen molar-refractivity contribution in [1.82, 2.24) is 5.73 Å². The summed E-state index contributed by atoms with van der Waals surface area (Å²) >= 11 is 0. The van der Waals surface area contributed by atoms with E-state index in [0.717, 1.165) is 23.3 Å². The van der Waals surface area contributed by atoms with Crippen LogP contribution in [0.4, 0.5) is 0 Å². The van der Waals surface area contributed by atoms with Crippen molar-refractivity contribution >= 4 is 44.6 Å². The molecular formula is C28H40NO2Si3. The molecule has 4 rings (SSSR count). The smallest absolute Gasteiger partial charge is 0.270 e. The number of carbonyl (C=O) groups excluding carboxylic acids is 1. The molecule has 2 aromatic carbocycles. The molecule has 1 amide bonds. The first-order chi connectivity index (χ1) is 15.5. The molecule has 0 unspecified atom stereocenters. The third-order valence-electron chi connectivity index (χ3n) is 9.43. The molecule has 2 bridgehead atoms. The lowest BCUT2D eigenvalue weighted by molar-refractivity contribution is 0.0993. The number of fused-ring (bicyclic) bond motifs is 3. The second-order valence-corrected chi connectivity index (χ2v) is 40.3. The van der Waals surface area contributed by atoms with Crippen LogP contribution in [0.25, 0.3) is 17.2 Å². The molecule has 1 aliphatic carbocycles. The topological polar surface area (TPSA) is 50.1 Å². The van der Waals surface area contributed by atoms with Crippen LogP contribution < -0.4 is 20.8 Å². The molecule has 0 atom stereocenters. The summed E-state index contributed by atoms with van der Waals surface area (Å²) in [4.78, 5) is 13.0. The minimum Gasteiger partial charge on any atom is -0.497 e. The maximum Gasteiger partial charge on any atom is 0.270 e. The van der Waals surface area contributed by atoms with Gasteiger partial charge >= 0.3 is 0 Å². The average Bonchev–Trinajstić information content (AvgIpc) is 3.09. The first-order valence-corrected chi connectivity index (χ1v) is 23.3. The minimum atomic E-state index is -2.00. The molecular weight excluding hydrogens is 467 g/mol. The highest BCUT2D eigenvalue weighted by atomic mass is 29.6. The van der Waals surface area contributed by atoms with E-state index in [9.17, 15) is 4.79 Å². The summed E-state index contributed by atoms with van der Waals surface area (Å²) in [6.45, 7) is 24.0. The highest BCUT2D eigenvalue weighted by Crippen LogP contribution is 2.44. The summed E-state index contributed by atoms with van der Waals surface area (Å²) < 4.78 is 6.22. The second-order valence-electron chi connectivity index (χ2n) is 13.0. The predicted molar refractivity (Wildman–Crippen MR) is 154 cm³/mol. The van der Waals surface area contributed by atoms with Crippen molar-refractivity contribution < 1.29 is 9.53 Å². The Hall–Kier alpha value is -1.90. The largest absolute Gasteiger partial charge is 0.497 e. The fourth-order valence-corrected chi connectivity index (χ4v) is 38.3. The highest BCUT2D eigenvalue weighted by Gasteiger charge is 2.60. The van der Waals surface area contributed by atoms with Crippen molar-refractivity contribution in [2.75, 3.05) is 7.11 Å². The molecule has 34 heavy (non-hydrogen) atoms. The number of hydrogen-bond donors (Lipinski definition) is 0. The standard InChI is InChI=1S/C28H40NO2Si3/c1-17-12-18-14-19(28(2,3)4)15-21(20(18)13-17)24-22(27(29)30)16-23-25(31-5)26(24)33(8,9)34(10,11)32(23,6)7/h12,14-16,29H,13H2,1-11H3. The van der Waals surface area contributed by atoms with Crippen molar-refractivity contribution in [2.24, 2.45) is 0 Å². The Bertz CT molecular complexity index is 1260. The van der Waals surface area contributed by atoms with Crippen molar-refractivity contribution in [1.29, 1.82) is 0 Å². The van der Waals surface area contributed by atoms with Gasteiger partial charge in [-0.05, 0) is 63.0 Å². The molecule has 0 saturated heterocycles. The fourth-order valence-electron chi connectivity index (χ4n) is 6.10. The first kappa shape index (κ1) is 25.2. The van der Waals surface area contributed by atoms with E-state index >= 15 is 0 Å². The molecule has 1 radical (unpaired) electrons. The zero-order valence-electron chi connectivity index (χ0n) is 22.8. The molecule has 0 fully saturated rings. The van der Waals surface area contributed by atoms with Crippen LogP contribution in [0.15, 0.2) is 23.8 Å². The van der Waals surface area contributed by atoms with Gasteiger partial charge in [-0.1, -0.05) is 83.8 Å². The summed E-state index contributed by atoms with van der Waals surface area (Å²) in [5, 5.41) is 2.55. The summed E-state index contributed by atoms with van der Waals surface area (Å²) in [5.74, 6) is 0.450.